The van der Waals surface area contributed by atoms with Crippen LogP contribution in [0.4, 0.5) is 5.13 Å². The van der Waals surface area contributed by atoms with Crippen molar-refractivity contribution in [1.82, 2.24) is 14.5 Å². The Kier molecular flexibility index (Phi) is 6.06. The van der Waals surface area contributed by atoms with Crippen LogP contribution in [0.1, 0.15) is 16.8 Å². The van der Waals surface area contributed by atoms with E-state index < -0.39 is 0 Å². The number of ether oxygens (including phenoxy) is 3. The van der Waals surface area contributed by atoms with Gasteiger partial charge in [-0.1, -0.05) is 22.9 Å². The largest absolute Gasteiger partial charge is 0.494 e. The molecule has 2 aromatic carbocycles. The van der Waals surface area contributed by atoms with Crippen LogP contribution in [0.25, 0.3) is 10.2 Å². The lowest BCUT2D eigenvalue weighted by atomic mass is 10.1. The summed E-state index contributed by atoms with van der Waals surface area (Å²) in [4.78, 5) is 24.1. The lowest BCUT2D eigenvalue weighted by Crippen LogP contribution is -2.32. The molecule has 4 aromatic rings. The molecule has 10 heteroatoms. The number of methoxy groups -OCH3 is 1. The summed E-state index contributed by atoms with van der Waals surface area (Å²) in [6, 6.07) is 8.79. The van der Waals surface area contributed by atoms with Gasteiger partial charge < -0.3 is 18.8 Å². The molecule has 0 fully saturated rings. The standard InChI is InChI=1S/C23H21ClN4O4S/c1-30-18-6-4-16(24)21-20(18)26-23(33-21)28(9-2-8-27-10-7-25-14-27)22(29)15-3-5-17-19(13-15)32-12-11-31-17/h3-7,10,13-14H,2,8-9,11-12H2,1H3. The molecule has 170 valence electrons. The summed E-state index contributed by atoms with van der Waals surface area (Å²) in [5.41, 5.74) is 1.14. The van der Waals surface area contributed by atoms with Gasteiger partial charge in [-0.15, -0.1) is 0 Å². The average molecular weight is 485 g/mol. The Morgan fingerprint density at radius 2 is 2.09 bits per heavy atom. The van der Waals surface area contributed by atoms with Gasteiger partial charge in [0.25, 0.3) is 5.91 Å². The van der Waals surface area contributed by atoms with Crippen molar-refractivity contribution in [2.24, 2.45) is 0 Å². The highest BCUT2D eigenvalue weighted by Gasteiger charge is 2.24. The summed E-state index contributed by atoms with van der Waals surface area (Å²) in [7, 11) is 1.59. The highest BCUT2D eigenvalue weighted by atomic mass is 35.5. The van der Waals surface area contributed by atoms with Gasteiger partial charge in [-0.25, -0.2) is 9.97 Å². The van der Waals surface area contributed by atoms with Crippen LogP contribution in [0.15, 0.2) is 49.1 Å². The Morgan fingerprint density at radius 1 is 1.24 bits per heavy atom. The molecule has 0 saturated carbocycles. The average Bonchev–Trinajstić information content (AvgIpc) is 3.52. The van der Waals surface area contributed by atoms with E-state index in [-0.39, 0.29) is 5.91 Å². The van der Waals surface area contributed by atoms with Crippen LogP contribution < -0.4 is 19.1 Å². The number of imidazole rings is 1. The second kappa shape index (κ2) is 9.29. The lowest BCUT2D eigenvalue weighted by molar-refractivity contribution is 0.0985. The maximum atomic E-state index is 13.7. The quantitative estimate of drug-likeness (QED) is 0.379. The summed E-state index contributed by atoms with van der Waals surface area (Å²) < 4.78 is 19.5. The molecular weight excluding hydrogens is 464 g/mol. The summed E-state index contributed by atoms with van der Waals surface area (Å²) in [6.07, 6.45) is 6.11. The van der Waals surface area contributed by atoms with Gasteiger partial charge in [0.05, 0.1) is 23.2 Å². The number of aromatic nitrogens is 3. The van der Waals surface area contributed by atoms with Gasteiger partial charge in [0.2, 0.25) is 0 Å². The number of hydrogen-bond acceptors (Lipinski definition) is 7. The van der Waals surface area contributed by atoms with Crippen molar-refractivity contribution in [2.75, 3.05) is 31.8 Å². The summed E-state index contributed by atoms with van der Waals surface area (Å²) >= 11 is 7.79. The highest BCUT2D eigenvalue weighted by molar-refractivity contribution is 7.23. The molecule has 1 aliphatic heterocycles. The molecule has 0 bridgehead atoms. The number of thiazole rings is 1. The first-order valence-corrected chi connectivity index (χ1v) is 11.6. The zero-order chi connectivity index (χ0) is 22.8. The van der Waals surface area contributed by atoms with Crippen molar-refractivity contribution in [3.63, 3.8) is 0 Å². The Morgan fingerprint density at radius 3 is 2.88 bits per heavy atom. The number of fused-ring (bicyclic) bond motifs is 2. The number of nitrogens with zero attached hydrogens (tertiary/aromatic N) is 4. The second-order valence-corrected chi connectivity index (χ2v) is 8.78. The highest BCUT2D eigenvalue weighted by Crippen LogP contribution is 2.39. The monoisotopic (exact) mass is 484 g/mol. The molecule has 0 aliphatic carbocycles. The van der Waals surface area contributed by atoms with Gasteiger partial charge in [-0.2, -0.15) is 0 Å². The SMILES string of the molecule is COc1ccc(Cl)c2sc(N(CCCn3ccnc3)C(=O)c3ccc4c(c3)OCCO4)nc12. The van der Waals surface area contributed by atoms with E-state index in [4.69, 9.17) is 30.8 Å². The first-order chi connectivity index (χ1) is 16.1. The Hall–Kier alpha value is -3.30. The zero-order valence-electron chi connectivity index (χ0n) is 17.9. The van der Waals surface area contributed by atoms with E-state index in [1.165, 1.54) is 11.3 Å². The third-order valence-electron chi connectivity index (χ3n) is 5.29. The molecule has 0 spiro atoms. The molecule has 8 nitrogen and oxygen atoms in total. The molecule has 2 aromatic heterocycles. The third-order valence-corrected chi connectivity index (χ3v) is 6.83. The van der Waals surface area contributed by atoms with E-state index in [1.54, 1.807) is 54.9 Å². The van der Waals surface area contributed by atoms with Crippen molar-refractivity contribution in [1.29, 1.82) is 0 Å². The predicted octanol–water partition coefficient (Wildman–Crippen LogP) is 4.66. The maximum absolute atomic E-state index is 13.7. The Balaban J connectivity index is 1.49. The minimum atomic E-state index is -0.174. The van der Waals surface area contributed by atoms with E-state index >= 15 is 0 Å². The minimum absolute atomic E-state index is 0.174. The molecule has 33 heavy (non-hydrogen) atoms. The fourth-order valence-corrected chi connectivity index (χ4v) is 4.95. The molecule has 0 N–H and O–H groups in total. The number of carbonyl (C=O) groups is 1. The number of aryl methyl sites for hydroxylation is 1. The molecule has 3 heterocycles. The zero-order valence-corrected chi connectivity index (χ0v) is 19.4. The number of rotatable bonds is 7. The number of anilines is 1. The first kappa shape index (κ1) is 21.5. The van der Waals surface area contributed by atoms with E-state index in [0.29, 0.717) is 64.7 Å². The van der Waals surface area contributed by atoms with Crippen LogP contribution >= 0.6 is 22.9 Å². The van der Waals surface area contributed by atoms with Crippen molar-refractivity contribution in [2.45, 2.75) is 13.0 Å². The lowest BCUT2D eigenvalue weighted by Gasteiger charge is -2.22. The van der Waals surface area contributed by atoms with Crippen molar-refractivity contribution < 1.29 is 19.0 Å². The molecule has 0 atom stereocenters. The van der Waals surface area contributed by atoms with Gasteiger partial charge >= 0.3 is 0 Å². The van der Waals surface area contributed by atoms with Gasteiger partial charge in [0.1, 0.15) is 24.5 Å². The summed E-state index contributed by atoms with van der Waals surface area (Å²) in [6.45, 7) is 2.13. The molecule has 0 unspecified atom stereocenters. The predicted molar refractivity (Wildman–Crippen MR) is 127 cm³/mol. The van der Waals surface area contributed by atoms with Crippen LogP contribution in [0.2, 0.25) is 5.02 Å². The normalized spacial score (nSPS) is 12.7. The molecule has 5 rings (SSSR count). The van der Waals surface area contributed by atoms with Crippen molar-refractivity contribution in [3.8, 4) is 17.2 Å². The molecular formula is C23H21ClN4O4S. The molecule has 1 aliphatic rings. The fraction of sp³-hybridized carbons (Fsp3) is 0.261. The number of halogens is 1. The van der Waals surface area contributed by atoms with E-state index in [1.807, 2.05) is 10.8 Å². The smallest absolute Gasteiger partial charge is 0.260 e. The van der Waals surface area contributed by atoms with Crippen LogP contribution in [-0.4, -0.2) is 47.3 Å². The Bertz CT molecular complexity index is 1290. The van der Waals surface area contributed by atoms with Crippen LogP contribution in [-0.2, 0) is 6.54 Å². The molecule has 0 saturated heterocycles. The summed E-state index contributed by atoms with van der Waals surface area (Å²) in [5.74, 6) is 1.65. The number of benzene rings is 2. The maximum Gasteiger partial charge on any atom is 0.260 e. The summed E-state index contributed by atoms with van der Waals surface area (Å²) in [5, 5.41) is 1.13. The van der Waals surface area contributed by atoms with E-state index in [2.05, 4.69) is 4.98 Å². The van der Waals surface area contributed by atoms with Crippen LogP contribution in [0.3, 0.4) is 0 Å². The minimum Gasteiger partial charge on any atom is -0.494 e. The van der Waals surface area contributed by atoms with Gasteiger partial charge in [0, 0.05) is 31.0 Å². The van der Waals surface area contributed by atoms with Crippen molar-refractivity contribution in [3.05, 3.63) is 59.6 Å². The van der Waals surface area contributed by atoms with E-state index in [9.17, 15) is 4.79 Å². The van der Waals surface area contributed by atoms with Gasteiger partial charge in [-0.05, 0) is 36.8 Å². The number of hydrogen-bond donors (Lipinski definition) is 0. The van der Waals surface area contributed by atoms with Crippen LogP contribution in [0.5, 0.6) is 17.2 Å². The number of carbonyl (C=O) groups excluding carboxylic acids is 1. The third kappa shape index (κ3) is 4.34. The molecule has 0 radical (unpaired) electrons. The Labute approximate surface area is 199 Å². The number of amides is 1. The molecule has 1 amide bonds. The van der Waals surface area contributed by atoms with E-state index in [0.717, 1.165) is 11.2 Å². The first-order valence-electron chi connectivity index (χ1n) is 10.4. The fourth-order valence-electron chi connectivity index (χ4n) is 3.67. The van der Waals surface area contributed by atoms with Crippen LogP contribution in [0, 0.1) is 0 Å². The second-order valence-electron chi connectivity index (χ2n) is 7.39. The topological polar surface area (TPSA) is 78.7 Å². The van der Waals surface area contributed by atoms with Gasteiger partial charge in [0.15, 0.2) is 16.6 Å². The van der Waals surface area contributed by atoms with Crippen molar-refractivity contribution >= 4 is 44.2 Å². The van der Waals surface area contributed by atoms with Gasteiger partial charge in [-0.3, -0.25) is 9.69 Å².